The third-order valence-corrected chi connectivity index (χ3v) is 7.46. The molecule has 2 heterocycles. The Kier molecular flexibility index (Phi) is 6.80. The summed E-state index contributed by atoms with van der Waals surface area (Å²) < 4.78 is 37.6. The highest BCUT2D eigenvalue weighted by Crippen LogP contribution is 2.26. The number of ether oxygens (including phenoxy) is 1. The van der Waals surface area contributed by atoms with E-state index < -0.39 is 21.9 Å². The number of halogens is 2. The molecule has 168 valence electrons. The van der Waals surface area contributed by atoms with Crippen LogP contribution in [0, 0.1) is 5.92 Å². The lowest BCUT2D eigenvalue weighted by Crippen LogP contribution is -2.42. The van der Waals surface area contributed by atoms with Gasteiger partial charge in [-0.2, -0.15) is 9.29 Å². The molecular weight excluding hydrogens is 477 g/mol. The van der Waals surface area contributed by atoms with E-state index in [1.54, 1.807) is 24.3 Å². The number of hydrogen-bond donors (Lipinski definition) is 0. The molecule has 0 N–H and O–H groups in total. The van der Waals surface area contributed by atoms with Gasteiger partial charge in [-0.3, -0.25) is 4.79 Å². The zero-order chi connectivity index (χ0) is 22.7. The van der Waals surface area contributed by atoms with Crippen LogP contribution in [0.2, 0.25) is 10.0 Å². The van der Waals surface area contributed by atoms with Crippen LogP contribution < -0.4 is 0 Å². The first-order chi connectivity index (χ1) is 15.3. The molecule has 0 radical (unpaired) electrons. The standard InChI is InChI=1S/C21H19Cl2N3O5S/c22-16-5-3-14(4-6-16)20-24-19(31-25-20)13-30-21(27)15-2-1-11-26(12-15)32(28,29)18-9-7-17(23)8-10-18/h3-10,15H,1-2,11-13H2. The van der Waals surface area contributed by atoms with Gasteiger partial charge in [0.2, 0.25) is 15.8 Å². The third-order valence-electron chi connectivity index (χ3n) is 5.08. The second-order valence-electron chi connectivity index (χ2n) is 7.28. The first kappa shape index (κ1) is 22.7. The first-order valence-corrected chi connectivity index (χ1v) is 12.0. The van der Waals surface area contributed by atoms with Crippen molar-refractivity contribution in [3.8, 4) is 11.4 Å². The molecule has 1 aliphatic heterocycles. The molecule has 2 aromatic carbocycles. The second-order valence-corrected chi connectivity index (χ2v) is 10.1. The predicted molar refractivity (Wildman–Crippen MR) is 117 cm³/mol. The molecule has 4 rings (SSSR count). The maximum absolute atomic E-state index is 12.9. The quantitative estimate of drug-likeness (QED) is 0.472. The molecule has 0 saturated carbocycles. The summed E-state index contributed by atoms with van der Waals surface area (Å²) in [5, 5.41) is 4.91. The number of piperidine rings is 1. The summed E-state index contributed by atoms with van der Waals surface area (Å²) >= 11 is 11.7. The smallest absolute Gasteiger partial charge is 0.310 e. The summed E-state index contributed by atoms with van der Waals surface area (Å²) in [4.78, 5) is 16.9. The van der Waals surface area contributed by atoms with Gasteiger partial charge in [-0.15, -0.1) is 0 Å². The number of nitrogens with zero attached hydrogens (tertiary/aromatic N) is 3. The van der Waals surface area contributed by atoms with Crippen LogP contribution in [0.3, 0.4) is 0 Å². The van der Waals surface area contributed by atoms with Gasteiger partial charge in [0.1, 0.15) is 0 Å². The van der Waals surface area contributed by atoms with Crippen molar-refractivity contribution in [2.24, 2.45) is 5.92 Å². The average molecular weight is 496 g/mol. The van der Waals surface area contributed by atoms with Crippen molar-refractivity contribution in [3.05, 3.63) is 64.5 Å². The van der Waals surface area contributed by atoms with Gasteiger partial charge in [0.05, 0.1) is 10.8 Å². The van der Waals surface area contributed by atoms with Crippen molar-refractivity contribution in [3.63, 3.8) is 0 Å². The lowest BCUT2D eigenvalue weighted by molar-refractivity contribution is -0.151. The number of carbonyl (C=O) groups excluding carboxylic acids is 1. The number of aromatic nitrogens is 2. The SMILES string of the molecule is O=C(OCc1nc(-c2ccc(Cl)cc2)no1)C1CCCN(S(=O)(=O)c2ccc(Cl)cc2)C1. The molecule has 3 aromatic rings. The zero-order valence-corrected chi connectivity index (χ0v) is 19.1. The van der Waals surface area contributed by atoms with Gasteiger partial charge in [-0.1, -0.05) is 28.4 Å². The Labute approximate surface area is 195 Å². The summed E-state index contributed by atoms with van der Waals surface area (Å²) in [6.07, 6.45) is 1.08. The van der Waals surface area contributed by atoms with Crippen molar-refractivity contribution in [1.29, 1.82) is 0 Å². The van der Waals surface area contributed by atoms with E-state index in [0.717, 1.165) is 0 Å². The molecule has 1 aromatic heterocycles. The third kappa shape index (κ3) is 5.12. The van der Waals surface area contributed by atoms with Crippen molar-refractivity contribution < 1.29 is 22.5 Å². The highest BCUT2D eigenvalue weighted by molar-refractivity contribution is 7.89. The number of hydrogen-bond acceptors (Lipinski definition) is 7. The lowest BCUT2D eigenvalue weighted by atomic mass is 10.0. The van der Waals surface area contributed by atoms with E-state index in [1.165, 1.54) is 28.6 Å². The molecule has 11 heteroatoms. The Morgan fingerprint density at radius 1 is 1.09 bits per heavy atom. The summed E-state index contributed by atoms with van der Waals surface area (Å²) in [5.41, 5.74) is 0.714. The van der Waals surface area contributed by atoms with Crippen molar-refractivity contribution in [2.75, 3.05) is 13.1 Å². The van der Waals surface area contributed by atoms with Gasteiger partial charge in [-0.05, 0) is 61.4 Å². The zero-order valence-electron chi connectivity index (χ0n) is 16.8. The number of benzene rings is 2. The molecule has 0 spiro atoms. The molecule has 8 nitrogen and oxygen atoms in total. The maximum Gasteiger partial charge on any atom is 0.310 e. The Morgan fingerprint density at radius 2 is 1.75 bits per heavy atom. The molecule has 1 saturated heterocycles. The van der Waals surface area contributed by atoms with Crippen molar-refractivity contribution in [2.45, 2.75) is 24.3 Å². The average Bonchev–Trinajstić information content (AvgIpc) is 3.27. The van der Waals surface area contributed by atoms with E-state index in [4.69, 9.17) is 32.5 Å². The minimum Gasteiger partial charge on any atom is -0.455 e. The summed E-state index contributed by atoms with van der Waals surface area (Å²) in [7, 11) is -3.73. The van der Waals surface area contributed by atoms with Gasteiger partial charge in [-0.25, -0.2) is 8.42 Å². The second kappa shape index (κ2) is 9.58. The Bertz CT molecular complexity index is 1200. The van der Waals surface area contributed by atoms with Crippen LogP contribution in [0.5, 0.6) is 0 Å². The Morgan fingerprint density at radius 3 is 2.44 bits per heavy atom. The molecular formula is C21H19Cl2N3O5S. The van der Waals surface area contributed by atoms with E-state index in [0.29, 0.717) is 40.8 Å². The molecule has 0 aliphatic carbocycles. The van der Waals surface area contributed by atoms with Crippen LogP contribution in [0.15, 0.2) is 57.9 Å². The minimum absolute atomic E-state index is 0.0453. The molecule has 0 bridgehead atoms. The van der Waals surface area contributed by atoms with Crippen LogP contribution >= 0.6 is 23.2 Å². The monoisotopic (exact) mass is 495 g/mol. The Balaban J connectivity index is 1.36. The van der Waals surface area contributed by atoms with Crippen LogP contribution in [0.25, 0.3) is 11.4 Å². The van der Waals surface area contributed by atoms with Crippen molar-refractivity contribution >= 4 is 39.2 Å². The number of rotatable bonds is 6. The van der Waals surface area contributed by atoms with Gasteiger partial charge in [0.15, 0.2) is 6.61 Å². The highest BCUT2D eigenvalue weighted by Gasteiger charge is 2.34. The molecule has 0 amide bonds. The molecule has 1 atom stereocenters. The van der Waals surface area contributed by atoms with Crippen LogP contribution in [-0.4, -0.2) is 41.9 Å². The fraction of sp³-hybridized carbons (Fsp3) is 0.286. The topological polar surface area (TPSA) is 103 Å². The van der Waals surface area contributed by atoms with Crippen LogP contribution in [0.1, 0.15) is 18.7 Å². The van der Waals surface area contributed by atoms with E-state index in [-0.39, 0.29) is 23.9 Å². The fourth-order valence-electron chi connectivity index (χ4n) is 3.39. The van der Waals surface area contributed by atoms with Crippen LogP contribution in [-0.2, 0) is 26.2 Å². The lowest BCUT2D eigenvalue weighted by Gasteiger charge is -2.30. The number of esters is 1. The molecule has 1 unspecified atom stereocenters. The largest absolute Gasteiger partial charge is 0.455 e. The first-order valence-electron chi connectivity index (χ1n) is 9.84. The maximum atomic E-state index is 12.9. The summed E-state index contributed by atoms with van der Waals surface area (Å²) in [5.74, 6) is -0.591. The predicted octanol–water partition coefficient (Wildman–Crippen LogP) is 4.19. The Hall–Kier alpha value is -2.46. The summed E-state index contributed by atoms with van der Waals surface area (Å²) in [6, 6.07) is 12.9. The fourth-order valence-corrected chi connectivity index (χ4v) is 5.16. The number of sulfonamides is 1. The van der Waals surface area contributed by atoms with Gasteiger partial charge in [0.25, 0.3) is 5.89 Å². The molecule has 1 aliphatic rings. The van der Waals surface area contributed by atoms with E-state index >= 15 is 0 Å². The van der Waals surface area contributed by atoms with E-state index in [9.17, 15) is 13.2 Å². The molecule has 32 heavy (non-hydrogen) atoms. The highest BCUT2D eigenvalue weighted by atomic mass is 35.5. The molecule has 1 fully saturated rings. The summed E-state index contributed by atoms with van der Waals surface area (Å²) in [6.45, 7) is 0.187. The van der Waals surface area contributed by atoms with Crippen LogP contribution in [0.4, 0.5) is 0 Å². The minimum atomic E-state index is -3.73. The van der Waals surface area contributed by atoms with Crippen molar-refractivity contribution in [1.82, 2.24) is 14.4 Å². The normalized spacial score (nSPS) is 17.2. The van der Waals surface area contributed by atoms with Gasteiger partial charge >= 0.3 is 5.97 Å². The van der Waals surface area contributed by atoms with E-state index in [2.05, 4.69) is 10.1 Å². The van der Waals surface area contributed by atoms with Gasteiger partial charge in [0, 0.05) is 28.7 Å². The van der Waals surface area contributed by atoms with E-state index in [1.807, 2.05) is 0 Å². The van der Waals surface area contributed by atoms with Gasteiger partial charge < -0.3 is 9.26 Å². The number of carbonyl (C=O) groups is 1.